The number of anilines is 1. The lowest BCUT2D eigenvalue weighted by molar-refractivity contribution is 0.102. The Balaban J connectivity index is 1.91. The van der Waals surface area contributed by atoms with Crippen LogP contribution in [0.3, 0.4) is 0 Å². The molecule has 2 aromatic carbocycles. The van der Waals surface area contributed by atoms with Crippen molar-refractivity contribution in [2.75, 3.05) is 5.32 Å². The molecule has 20 heavy (non-hydrogen) atoms. The zero-order valence-corrected chi connectivity index (χ0v) is 10.9. The first-order valence-electron chi connectivity index (χ1n) is 6.29. The Kier molecular flexibility index (Phi) is 2.99. The SMILES string of the molecule is Cc1ccccc1NC(=O)c1cc2cc(F)ccc2[nH]1. The van der Waals surface area contributed by atoms with E-state index in [-0.39, 0.29) is 11.7 Å². The van der Waals surface area contributed by atoms with E-state index < -0.39 is 0 Å². The molecule has 0 atom stereocenters. The van der Waals surface area contributed by atoms with Gasteiger partial charge in [-0.2, -0.15) is 0 Å². The van der Waals surface area contributed by atoms with Gasteiger partial charge < -0.3 is 10.3 Å². The van der Waals surface area contributed by atoms with Crippen molar-refractivity contribution >= 4 is 22.5 Å². The second-order valence-corrected chi connectivity index (χ2v) is 4.68. The molecule has 3 nitrogen and oxygen atoms in total. The molecule has 4 heteroatoms. The summed E-state index contributed by atoms with van der Waals surface area (Å²) in [5.74, 6) is -0.557. The molecule has 0 spiro atoms. The Hall–Kier alpha value is -2.62. The average Bonchev–Trinajstić information content (AvgIpc) is 2.84. The van der Waals surface area contributed by atoms with Crippen LogP contribution in [0.1, 0.15) is 16.1 Å². The number of aromatic amines is 1. The minimum atomic E-state index is -0.317. The maximum atomic E-state index is 13.1. The summed E-state index contributed by atoms with van der Waals surface area (Å²) in [5.41, 5.74) is 2.90. The molecule has 0 fully saturated rings. The number of nitrogens with one attached hydrogen (secondary N) is 2. The third kappa shape index (κ3) is 2.28. The Morgan fingerprint density at radius 2 is 1.95 bits per heavy atom. The highest BCUT2D eigenvalue weighted by molar-refractivity contribution is 6.06. The molecule has 0 unspecified atom stereocenters. The van der Waals surface area contributed by atoms with Gasteiger partial charge >= 0.3 is 0 Å². The molecule has 0 radical (unpaired) electrons. The van der Waals surface area contributed by atoms with Crippen LogP contribution >= 0.6 is 0 Å². The summed E-state index contributed by atoms with van der Waals surface area (Å²) in [6.07, 6.45) is 0. The zero-order valence-electron chi connectivity index (χ0n) is 10.9. The van der Waals surface area contributed by atoms with Crippen molar-refractivity contribution in [1.82, 2.24) is 4.98 Å². The predicted octanol–water partition coefficient (Wildman–Crippen LogP) is 3.87. The minimum Gasteiger partial charge on any atom is -0.351 e. The lowest BCUT2D eigenvalue weighted by Gasteiger charge is -2.06. The molecule has 3 aromatic rings. The van der Waals surface area contributed by atoms with Gasteiger partial charge in [0.2, 0.25) is 0 Å². The predicted molar refractivity (Wildman–Crippen MR) is 77.4 cm³/mol. The van der Waals surface area contributed by atoms with Crippen molar-refractivity contribution in [1.29, 1.82) is 0 Å². The van der Waals surface area contributed by atoms with Crippen molar-refractivity contribution in [3.63, 3.8) is 0 Å². The number of hydrogen-bond donors (Lipinski definition) is 2. The standard InChI is InChI=1S/C16H13FN2O/c1-10-4-2-3-5-13(10)19-16(20)15-9-11-8-12(17)6-7-14(11)18-15/h2-9,18H,1H3,(H,19,20). The van der Waals surface area contributed by atoms with Gasteiger partial charge in [-0.05, 0) is 42.8 Å². The van der Waals surface area contributed by atoms with Gasteiger partial charge in [-0.15, -0.1) is 0 Å². The van der Waals surface area contributed by atoms with Gasteiger partial charge in [-0.25, -0.2) is 4.39 Å². The number of H-pyrrole nitrogens is 1. The Labute approximate surface area is 115 Å². The first kappa shape index (κ1) is 12.4. The molecular weight excluding hydrogens is 255 g/mol. The van der Waals surface area contributed by atoms with Crippen LogP contribution in [0.15, 0.2) is 48.5 Å². The number of hydrogen-bond acceptors (Lipinski definition) is 1. The topological polar surface area (TPSA) is 44.9 Å². The van der Waals surface area contributed by atoms with E-state index in [9.17, 15) is 9.18 Å². The molecule has 0 saturated heterocycles. The lowest BCUT2D eigenvalue weighted by Crippen LogP contribution is -2.12. The Morgan fingerprint density at radius 1 is 1.15 bits per heavy atom. The first-order chi connectivity index (χ1) is 9.63. The number of para-hydroxylation sites is 1. The van der Waals surface area contributed by atoms with Crippen molar-refractivity contribution in [2.24, 2.45) is 0 Å². The largest absolute Gasteiger partial charge is 0.351 e. The molecule has 1 aromatic heterocycles. The van der Waals surface area contributed by atoms with E-state index in [1.807, 2.05) is 31.2 Å². The Morgan fingerprint density at radius 3 is 2.75 bits per heavy atom. The number of aromatic nitrogens is 1. The van der Waals surface area contributed by atoms with E-state index >= 15 is 0 Å². The van der Waals surface area contributed by atoms with Crippen LogP contribution in [0.2, 0.25) is 0 Å². The Bertz CT molecular complexity index is 792. The second kappa shape index (κ2) is 4.81. The summed E-state index contributed by atoms with van der Waals surface area (Å²) in [6.45, 7) is 1.93. The van der Waals surface area contributed by atoms with Crippen LogP contribution in [0, 0.1) is 12.7 Å². The number of aryl methyl sites for hydroxylation is 1. The summed E-state index contributed by atoms with van der Waals surface area (Å²) in [7, 11) is 0. The van der Waals surface area contributed by atoms with Gasteiger partial charge in [0.05, 0.1) is 0 Å². The minimum absolute atomic E-state index is 0.240. The van der Waals surface area contributed by atoms with Crippen molar-refractivity contribution < 1.29 is 9.18 Å². The zero-order chi connectivity index (χ0) is 14.1. The summed E-state index contributed by atoms with van der Waals surface area (Å²) in [5, 5.41) is 3.52. The fourth-order valence-corrected chi connectivity index (χ4v) is 2.13. The van der Waals surface area contributed by atoms with Crippen LogP contribution in [0.4, 0.5) is 10.1 Å². The molecule has 0 aliphatic carbocycles. The van der Waals surface area contributed by atoms with Crippen LogP contribution in [-0.4, -0.2) is 10.9 Å². The summed E-state index contributed by atoms with van der Waals surface area (Å²) >= 11 is 0. The molecule has 0 saturated carbocycles. The number of rotatable bonds is 2. The van der Waals surface area contributed by atoms with Gasteiger partial charge in [0.15, 0.2) is 0 Å². The maximum absolute atomic E-state index is 13.1. The summed E-state index contributed by atoms with van der Waals surface area (Å²) in [6, 6.07) is 13.6. The van der Waals surface area contributed by atoms with Gasteiger partial charge in [0.1, 0.15) is 11.5 Å². The summed E-state index contributed by atoms with van der Waals surface area (Å²) < 4.78 is 13.1. The summed E-state index contributed by atoms with van der Waals surface area (Å²) in [4.78, 5) is 15.2. The van der Waals surface area contributed by atoms with Gasteiger partial charge in [0.25, 0.3) is 5.91 Å². The van der Waals surface area contributed by atoms with Crippen molar-refractivity contribution in [2.45, 2.75) is 6.92 Å². The molecule has 3 rings (SSSR count). The van der Waals surface area contributed by atoms with Gasteiger partial charge in [-0.3, -0.25) is 4.79 Å². The van der Waals surface area contributed by atoms with Crippen LogP contribution in [0.5, 0.6) is 0 Å². The number of carbonyl (C=O) groups is 1. The number of carbonyl (C=O) groups excluding carboxylic acids is 1. The molecule has 100 valence electrons. The molecule has 0 aliphatic rings. The van der Waals surface area contributed by atoms with E-state index in [2.05, 4.69) is 10.3 Å². The van der Waals surface area contributed by atoms with E-state index in [1.54, 1.807) is 12.1 Å². The van der Waals surface area contributed by atoms with E-state index in [0.29, 0.717) is 11.1 Å². The monoisotopic (exact) mass is 268 g/mol. The third-order valence-electron chi connectivity index (χ3n) is 3.22. The third-order valence-corrected chi connectivity index (χ3v) is 3.22. The number of amides is 1. The number of fused-ring (bicyclic) bond motifs is 1. The van der Waals surface area contributed by atoms with Crippen LogP contribution in [0.25, 0.3) is 10.9 Å². The fourth-order valence-electron chi connectivity index (χ4n) is 2.13. The highest BCUT2D eigenvalue weighted by atomic mass is 19.1. The highest BCUT2D eigenvalue weighted by Crippen LogP contribution is 2.19. The van der Waals surface area contributed by atoms with Crippen LogP contribution in [-0.2, 0) is 0 Å². The van der Waals surface area contributed by atoms with Crippen LogP contribution < -0.4 is 5.32 Å². The first-order valence-corrected chi connectivity index (χ1v) is 6.29. The quantitative estimate of drug-likeness (QED) is 0.728. The number of benzene rings is 2. The highest BCUT2D eigenvalue weighted by Gasteiger charge is 2.11. The molecular formula is C16H13FN2O. The fraction of sp³-hybridized carbons (Fsp3) is 0.0625. The van der Waals surface area contributed by atoms with Crippen molar-refractivity contribution in [3.8, 4) is 0 Å². The number of halogens is 1. The molecule has 0 aliphatic heterocycles. The smallest absolute Gasteiger partial charge is 0.272 e. The molecule has 1 amide bonds. The van der Waals surface area contributed by atoms with Gasteiger partial charge in [-0.1, -0.05) is 18.2 Å². The maximum Gasteiger partial charge on any atom is 0.272 e. The molecule has 1 heterocycles. The van der Waals surface area contributed by atoms with E-state index in [4.69, 9.17) is 0 Å². The van der Waals surface area contributed by atoms with Crippen molar-refractivity contribution in [3.05, 3.63) is 65.6 Å². The lowest BCUT2D eigenvalue weighted by atomic mass is 10.2. The van der Waals surface area contributed by atoms with Gasteiger partial charge in [0, 0.05) is 16.6 Å². The molecule has 0 bridgehead atoms. The second-order valence-electron chi connectivity index (χ2n) is 4.68. The average molecular weight is 268 g/mol. The molecule has 2 N–H and O–H groups in total. The normalized spacial score (nSPS) is 10.7. The van der Waals surface area contributed by atoms with E-state index in [0.717, 1.165) is 16.8 Å². The van der Waals surface area contributed by atoms with E-state index in [1.165, 1.54) is 12.1 Å².